The Morgan fingerprint density at radius 1 is 1.20 bits per heavy atom. The van der Waals surface area contributed by atoms with Gasteiger partial charge in [0.25, 0.3) is 0 Å². The van der Waals surface area contributed by atoms with E-state index in [9.17, 15) is 27.6 Å². The molecule has 0 bridgehead atoms. The molecule has 6 nitrogen and oxygen atoms in total. The molecule has 0 N–H and O–H groups in total. The predicted molar refractivity (Wildman–Crippen MR) is 79.2 cm³/mol. The monoisotopic (exact) mass is 356 g/mol. The molecular weight excluding hydrogens is 341 g/mol. The largest absolute Gasteiger partial charge is 0.471 e. The van der Waals surface area contributed by atoms with Gasteiger partial charge in [-0.25, -0.2) is 0 Å². The number of rotatable bonds is 1. The number of amides is 2. The number of ether oxygens (including phenoxy) is 1. The maximum Gasteiger partial charge on any atom is 0.471 e. The molecule has 0 radical (unpaired) electrons. The Bertz CT molecular complexity index is 764. The Labute approximate surface area is 141 Å². The number of nitrogens with zero attached hydrogens (tertiary/aromatic N) is 2. The van der Waals surface area contributed by atoms with Gasteiger partial charge >= 0.3 is 18.1 Å². The van der Waals surface area contributed by atoms with Crippen LogP contribution in [0.4, 0.5) is 18.9 Å². The van der Waals surface area contributed by atoms with E-state index in [2.05, 4.69) is 0 Å². The standard InChI is InChI=1S/C16H15F3N2O4/c1-9(22)21-12-6-4-3-5-11(12)15(25-10(2)23)7-8-20(13(15)21)14(24)16(17,18)19/h3-6,13H,7-8H2,1-2H3/t13-,15-/m0/s1. The molecule has 1 saturated heterocycles. The van der Waals surface area contributed by atoms with Gasteiger partial charge in [0.2, 0.25) is 5.91 Å². The molecule has 1 aromatic rings. The predicted octanol–water partition coefficient (Wildman–Crippen LogP) is 1.93. The molecule has 0 aliphatic carbocycles. The van der Waals surface area contributed by atoms with Crippen molar-refractivity contribution in [2.75, 3.05) is 11.4 Å². The van der Waals surface area contributed by atoms with Crippen LogP contribution in [0.2, 0.25) is 0 Å². The van der Waals surface area contributed by atoms with Gasteiger partial charge in [-0.05, 0) is 6.07 Å². The van der Waals surface area contributed by atoms with Crippen LogP contribution in [0.5, 0.6) is 0 Å². The molecule has 2 aliphatic heterocycles. The lowest BCUT2D eigenvalue weighted by atomic mass is 9.92. The van der Waals surface area contributed by atoms with Crippen molar-refractivity contribution in [3.05, 3.63) is 29.8 Å². The zero-order chi connectivity index (χ0) is 18.6. The van der Waals surface area contributed by atoms with Gasteiger partial charge in [-0.3, -0.25) is 19.3 Å². The van der Waals surface area contributed by atoms with Gasteiger partial charge in [0.1, 0.15) is 0 Å². The molecule has 25 heavy (non-hydrogen) atoms. The van der Waals surface area contributed by atoms with Crippen molar-refractivity contribution >= 4 is 23.5 Å². The molecule has 2 atom stereocenters. The van der Waals surface area contributed by atoms with Crippen LogP contribution in [0.1, 0.15) is 25.8 Å². The number of esters is 1. The van der Waals surface area contributed by atoms with E-state index in [4.69, 9.17) is 4.74 Å². The molecule has 0 unspecified atom stereocenters. The number of hydrogen-bond donors (Lipinski definition) is 0. The minimum atomic E-state index is -5.09. The number of carbonyl (C=O) groups is 3. The minimum Gasteiger partial charge on any atom is -0.450 e. The van der Waals surface area contributed by atoms with E-state index >= 15 is 0 Å². The van der Waals surface area contributed by atoms with Gasteiger partial charge in [-0.2, -0.15) is 13.2 Å². The highest BCUT2D eigenvalue weighted by Crippen LogP contribution is 2.53. The van der Waals surface area contributed by atoms with Crippen molar-refractivity contribution in [3.63, 3.8) is 0 Å². The van der Waals surface area contributed by atoms with Crippen LogP contribution in [0, 0.1) is 0 Å². The van der Waals surface area contributed by atoms with E-state index in [1.807, 2.05) is 0 Å². The number of carbonyl (C=O) groups excluding carboxylic acids is 3. The number of alkyl halides is 3. The molecular formula is C16H15F3N2O4. The van der Waals surface area contributed by atoms with Crippen LogP contribution >= 0.6 is 0 Å². The summed E-state index contributed by atoms with van der Waals surface area (Å²) >= 11 is 0. The zero-order valence-corrected chi connectivity index (χ0v) is 13.5. The quantitative estimate of drug-likeness (QED) is 0.721. The molecule has 2 aliphatic rings. The molecule has 3 rings (SSSR count). The van der Waals surface area contributed by atoms with Gasteiger partial charge < -0.3 is 9.64 Å². The highest BCUT2D eigenvalue weighted by Gasteiger charge is 2.64. The first-order chi connectivity index (χ1) is 11.6. The number of anilines is 1. The summed E-state index contributed by atoms with van der Waals surface area (Å²) in [6.07, 6.45) is -6.48. The van der Waals surface area contributed by atoms with Gasteiger partial charge in [0, 0.05) is 32.4 Å². The van der Waals surface area contributed by atoms with Crippen LogP contribution < -0.4 is 4.90 Å². The van der Waals surface area contributed by atoms with E-state index in [0.29, 0.717) is 16.2 Å². The fourth-order valence-corrected chi connectivity index (χ4v) is 3.72. The third-order valence-electron chi connectivity index (χ3n) is 4.47. The summed E-state index contributed by atoms with van der Waals surface area (Å²) in [5.74, 6) is -3.31. The molecule has 0 saturated carbocycles. The van der Waals surface area contributed by atoms with Crippen LogP contribution in [0.25, 0.3) is 0 Å². The van der Waals surface area contributed by atoms with E-state index < -0.39 is 35.7 Å². The summed E-state index contributed by atoms with van der Waals surface area (Å²) < 4.78 is 44.4. The van der Waals surface area contributed by atoms with Crippen LogP contribution in [0.15, 0.2) is 24.3 Å². The first kappa shape index (κ1) is 17.2. The SMILES string of the molecule is CC(=O)O[C@]12CCN(C(=O)C(F)(F)F)[C@H]1N(C(C)=O)c1ccccc12. The molecule has 2 amide bonds. The van der Waals surface area contributed by atoms with Gasteiger partial charge in [-0.15, -0.1) is 0 Å². The van der Waals surface area contributed by atoms with E-state index in [1.54, 1.807) is 24.3 Å². The lowest BCUT2D eigenvalue weighted by molar-refractivity contribution is -0.189. The van der Waals surface area contributed by atoms with Gasteiger partial charge in [0.15, 0.2) is 11.8 Å². The number of likely N-dealkylation sites (tertiary alicyclic amines) is 1. The molecule has 9 heteroatoms. The number of halogens is 3. The van der Waals surface area contributed by atoms with Crippen molar-refractivity contribution in [1.29, 1.82) is 0 Å². The number of fused-ring (bicyclic) bond motifs is 3. The molecule has 134 valence electrons. The van der Waals surface area contributed by atoms with Gasteiger partial charge in [0.05, 0.1) is 5.69 Å². The van der Waals surface area contributed by atoms with Crippen molar-refractivity contribution in [1.82, 2.24) is 4.90 Å². The molecule has 0 aromatic heterocycles. The fourth-order valence-electron chi connectivity index (χ4n) is 3.72. The van der Waals surface area contributed by atoms with E-state index in [0.717, 1.165) is 11.8 Å². The van der Waals surface area contributed by atoms with Crippen LogP contribution in [-0.2, 0) is 24.7 Å². The highest BCUT2D eigenvalue weighted by atomic mass is 19.4. The average molecular weight is 356 g/mol. The molecule has 2 heterocycles. The average Bonchev–Trinajstić information content (AvgIpc) is 2.97. The summed E-state index contributed by atoms with van der Waals surface area (Å²) in [7, 11) is 0. The summed E-state index contributed by atoms with van der Waals surface area (Å²) in [5.41, 5.74) is -0.751. The first-order valence-corrected chi connectivity index (χ1v) is 7.56. The topological polar surface area (TPSA) is 66.9 Å². The smallest absolute Gasteiger partial charge is 0.450 e. The Morgan fingerprint density at radius 2 is 1.84 bits per heavy atom. The lowest BCUT2D eigenvalue weighted by Crippen LogP contribution is -2.57. The molecule has 0 spiro atoms. The minimum absolute atomic E-state index is 0.0279. The zero-order valence-electron chi connectivity index (χ0n) is 13.5. The summed E-state index contributed by atoms with van der Waals surface area (Å²) in [5, 5.41) is 0. The van der Waals surface area contributed by atoms with Crippen molar-refractivity contribution in [2.45, 2.75) is 38.2 Å². The Morgan fingerprint density at radius 3 is 2.40 bits per heavy atom. The summed E-state index contributed by atoms with van der Waals surface area (Å²) in [4.78, 5) is 37.3. The summed E-state index contributed by atoms with van der Waals surface area (Å²) in [6.45, 7) is 2.04. The second kappa shape index (κ2) is 5.47. The summed E-state index contributed by atoms with van der Waals surface area (Å²) in [6, 6.07) is 6.40. The van der Waals surface area contributed by atoms with Crippen molar-refractivity contribution in [2.24, 2.45) is 0 Å². The lowest BCUT2D eigenvalue weighted by Gasteiger charge is -2.36. The van der Waals surface area contributed by atoms with Crippen LogP contribution in [-0.4, -0.2) is 41.6 Å². The van der Waals surface area contributed by atoms with E-state index in [1.165, 1.54) is 6.92 Å². The van der Waals surface area contributed by atoms with Crippen LogP contribution in [0.3, 0.4) is 0 Å². The van der Waals surface area contributed by atoms with E-state index in [-0.39, 0.29) is 13.0 Å². The second-order valence-electron chi connectivity index (χ2n) is 6.01. The third-order valence-corrected chi connectivity index (χ3v) is 4.47. The Balaban J connectivity index is 2.19. The number of hydrogen-bond acceptors (Lipinski definition) is 4. The molecule has 1 fully saturated rings. The Hall–Kier alpha value is -2.58. The maximum atomic E-state index is 13.0. The molecule has 1 aromatic carbocycles. The second-order valence-corrected chi connectivity index (χ2v) is 6.01. The Kier molecular flexibility index (Phi) is 3.77. The van der Waals surface area contributed by atoms with Gasteiger partial charge in [-0.1, -0.05) is 18.2 Å². The fraction of sp³-hybridized carbons (Fsp3) is 0.438. The van der Waals surface area contributed by atoms with Crippen molar-refractivity contribution in [3.8, 4) is 0 Å². The normalized spacial score (nSPS) is 24.8. The first-order valence-electron chi connectivity index (χ1n) is 7.56. The maximum absolute atomic E-state index is 13.0. The number of para-hydroxylation sites is 1. The highest BCUT2D eigenvalue weighted by molar-refractivity contribution is 5.97. The number of benzene rings is 1. The van der Waals surface area contributed by atoms with Crippen molar-refractivity contribution < 1.29 is 32.3 Å². The third kappa shape index (κ3) is 2.45.